The van der Waals surface area contributed by atoms with Crippen molar-refractivity contribution in [3.63, 3.8) is 0 Å². The van der Waals surface area contributed by atoms with Gasteiger partial charge >= 0.3 is 0 Å². The van der Waals surface area contributed by atoms with Crippen LogP contribution >= 0.6 is 11.6 Å². The van der Waals surface area contributed by atoms with Crippen LogP contribution in [-0.4, -0.2) is 50.5 Å². The number of nitrogens with zero attached hydrogens (tertiary/aromatic N) is 2. The molecule has 208 valence electrons. The van der Waals surface area contributed by atoms with Crippen molar-refractivity contribution < 1.29 is 22.4 Å². The molecule has 0 aliphatic carbocycles. The second-order valence-electron chi connectivity index (χ2n) is 9.35. The molecule has 0 radical (unpaired) electrons. The molecule has 1 N–H and O–H groups in total. The summed E-state index contributed by atoms with van der Waals surface area (Å²) in [5.41, 5.74) is 2.42. The Bertz CT molecular complexity index is 1390. The number of benzene rings is 3. The van der Waals surface area contributed by atoms with Crippen LogP contribution in [0.5, 0.6) is 0 Å². The Morgan fingerprint density at radius 2 is 1.67 bits per heavy atom. The number of nitrogens with one attached hydrogen (secondary N) is 1. The van der Waals surface area contributed by atoms with Crippen molar-refractivity contribution >= 4 is 39.1 Å². The first-order valence-corrected chi connectivity index (χ1v) is 14.8. The molecule has 0 saturated heterocycles. The van der Waals surface area contributed by atoms with Crippen molar-refractivity contribution in [3.8, 4) is 0 Å². The van der Waals surface area contributed by atoms with Gasteiger partial charge < -0.3 is 10.2 Å². The molecule has 3 aromatic carbocycles. The summed E-state index contributed by atoms with van der Waals surface area (Å²) in [6.07, 6.45) is 1.91. The van der Waals surface area contributed by atoms with Crippen LogP contribution in [0.1, 0.15) is 30.0 Å². The van der Waals surface area contributed by atoms with E-state index in [9.17, 15) is 22.4 Å². The van der Waals surface area contributed by atoms with Gasteiger partial charge in [0.25, 0.3) is 0 Å². The fourth-order valence-electron chi connectivity index (χ4n) is 4.06. The Morgan fingerprint density at radius 3 is 2.26 bits per heavy atom. The molecule has 1 unspecified atom stereocenters. The number of hydrogen-bond donors (Lipinski definition) is 1. The molecule has 0 saturated carbocycles. The van der Waals surface area contributed by atoms with E-state index in [-0.39, 0.29) is 24.6 Å². The number of halogens is 2. The average molecular weight is 574 g/mol. The van der Waals surface area contributed by atoms with E-state index in [4.69, 9.17) is 11.6 Å². The number of aryl methyl sites for hydroxylation is 1. The first-order valence-electron chi connectivity index (χ1n) is 12.6. The monoisotopic (exact) mass is 573 g/mol. The molecular formula is C29H33ClFN3O4S. The lowest BCUT2D eigenvalue weighted by Crippen LogP contribution is -2.53. The van der Waals surface area contributed by atoms with Gasteiger partial charge in [-0.3, -0.25) is 13.9 Å². The van der Waals surface area contributed by atoms with Crippen molar-refractivity contribution in [2.75, 3.05) is 23.7 Å². The van der Waals surface area contributed by atoms with E-state index < -0.39 is 34.3 Å². The van der Waals surface area contributed by atoms with Gasteiger partial charge in [0.2, 0.25) is 21.8 Å². The second kappa shape index (κ2) is 13.6. The van der Waals surface area contributed by atoms with E-state index in [1.54, 1.807) is 19.1 Å². The molecule has 0 heterocycles. The Morgan fingerprint density at radius 1 is 1.00 bits per heavy atom. The van der Waals surface area contributed by atoms with Gasteiger partial charge in [0, 0.05) is 24.5 Å². The predicted molar refractivity (Wildman–Crippen MR) is 153 cm³/mol. The van der Waals surface area contributed by atoms with Gasteiger partial charge in [0.1, 0.15) is 18.4 Å². The number of carbonyl (C=O) groups excluding carboxylic acids is 2. The smallest absolute Gasteiger partial charge is 0.244 e. The minimum absolute atomic E-state index is 0.0254. The van der Waals surface area contributed by atoms with E-state index in [0.717, 1.165) is 21.7 Å². The largest absolute Gasteiger partial charge is 0.354 e. The molecule has 0 aromatic heterocycles. The normalized spacial score (nSPS) is 12.0. The summed E-state index contributed by atoms with van der Waals surface area (Å²) in [6, 6.07) is 18.7. The molecule has 0 fully saturated rings. The molecule has 3 rings (SSSR count). The highest BCUT2D eigenvalue weighted by Gasteiger charge is 2.33. The molecule has 0 aliphatic rings. The Hall–Kier alpha value is -3.43. The van der Waals surface area contributed by atoms with Gasteiger partial charge in [-0.2, -0.15) is 0 Å². The molecular weight excluding hydrogens is 541 g/mol. The van der Waals surface area contributed by atoms with E-state index in [0.29, 0.717) is 23.6 Å². The number of sulfonamides is 1. The lowest BCUT2D eigenvalue weighted by molar-refractivity contribution is -0.140. The third kappa shape index (κ3) is 8.53. The van der Waals surface area contributed by atoms with E-state index in [1.165, 1.54) is 35.2 Å². The zero-order valence-electron chi connectivity index (χ0n) is 22.2. The molecule has 39 heavy (non-hydrogen) atoms. The number of hydrogen-bond acceptors (Lipinski definition) is 4. The number of anilines is 1. The van der Waals surface area contributed by atoms with Crippen molar-refractivity contribution in [2.24, 2.45) is 0 Å². The van der Waals surface area contributed by atoms with Gasteiger partial charge in [0.15, 0.2) is 0 Å². The lowest BCUT2D eigenvalue weighted by Gasteiger charge is -2.33. The summed E-state index contributed by atoms with van der Waals surface area (Å²) in [6.45, 7) is 3.55. The van der Waals surface area contributed by atoms with Gasteiger partial charge in [-0.05, 0) is 54.3 Å². The third-order valence-corrected chi connectivity index (χ3v) is 7.76. The molecule has 7 nitrogen and oxygen atoms in total. The minimum Gasteiger partial charge on any atom is -0.354 e. The van der Waals surface area contributed by atoms with Crippen LogP contribution in [0, 0.1) is 12.7 Å². The van der Waals surface area contributed by atoms with Crippen LogP contribution < -0.4 is 9.62 Å². The molecule has 1 atom stereocenters. The van der Waals surface area contributed by atoms with E-state index >= 15 is 0 Å². The SMILES string of the molecule is CCCNC(=O)C(Cc1ccccc1)N(Cc1ccc(F)cc1)C(=O)CN(c1ccc(C)c(Cl)c1)S(C)(=O)=O. The first-order chi connectivity index (χ1) is 18.5. The van der Waals surface area contributed by atoms with E-state index in [2.05, 4.69) is 5.32 Å². The van der Waals surface area contributed by atoms with Crippen molar-refractivity contribution in [3.05, 3.63) is 100 Å². The topological polar surface area (TPSA) is 86.8 Å². The highest BCUT2D eigenvalue weighted by atomic mass is 35.5. The Labute approximate surface area is 234 Å². The summed E-state index contributed by atoms with van der Waals surface area (Å²) >= 11 is 6.26. The van der Waals surface area contributed by atoms with Crippen molar-refractivity contribution in [1.29, 1.82) is 0 Å². The summed E-state index contributed by atoms with van der Waals surface area (Å²) in [7, 11) is -3.90. The highest BCUT2D eigenvalue weighted by Crippen LogP contribution is 2.25. The average Bonchev–Trinajstić information content (AvgIpc) is 2.90. The van der Waals surface area contributed by atoms with Crippen LogP contribution in [0.4, 0.5) is 10.1 Å². The lowest BCUT2D eigenvalue weighted by atomic mass is 10.0. The minimum atomic E-state index is -3.90. The maximum absolute atomic E-state index is 13.9. The maximum atomic E-state index is 13.9. The maximum Gasteiger partial charge on any atom is 0.244 e. The summed E-state index contributed by atoms with van der Waals surface area (Å²) < 4.78 is 40.2. The highest BCUT2D eigenvalue weighted by molar-refractivity contribution is 7.92. The molecule has 0 aliphatic heterocycles. The summed E-state index contributed by atoms with van der Waals surface area (Å²) in [5, 5.41) is 3.23. The quantitative estimate of drug-likeness (QED) is 0.340. The van der Waals surface area contributed by atoms with Gasteiger partial charge in [-0.1, -0.05) is 67.1 Å². The van der Waals surface area contributed by atoms with Crippen LogP contribution in [0.15, 0.2) is 72.8 Å². The number of amides is 2. The fraction of sp³-hybridized carbons (Fsp3) is 0.310. The zero-order valence-corrected chi connectivity index (χ0v) is 23.8. The Kier molecular flexibility index (Phi) is 10.5. The van der Waals surface area contributed by atoms with E-state index in [1.807, 2.05) is 37.3 Å². The zero-order chi connectivity index (χ0) is 28.6. The van der Waals surface area contributed by atoms with Crippen LogP contribution in [0.25, 0.3) is 0 Å². The standard InChI is InChI=1S/C29H33ClFN3O4S/c1-4-16-32-29(36)27(17-22-8-6-5-7-9-22)33(19-23-11-13-24(31)14-12-23)28(35)20-34(39(3,37)38)25-15-10-21(2)26(30)18-25/h5-15,18,27H,4,16-17,19-20H2,1-3H3,(H,32,36). The molecule has 2 amide bonds. The van der Waals surface area contributed by atoms with Crippen LogP contribution in [0.3, 0.4) is 0 Å². The van der Waals surface area contributed by atoms with Crippen molar-refractivity contribution in [2.45, 2.75) is 39.3 Å². The molecule has 3 aromatic rings. The summed E-state index contributed by atoms with van der Waals surface area (Å²) in [4.78, 5) is 28.7. The first kappa shape index (κ1) is 30.1. The fourth-order valence-corrected chi connectivity index (χ4v) is 5.07. The number of carbonyl (C=O) groups is 2. The second-order valence-corrected chi connectivity index (χ2v) is 11.7. The number of rotatable bonds is 12. The predicted octanol–water partition coefficient (Wildman–Crippen LogP) is 4.72. The molecule has 0 bridgehead atoms. The Balaban J connectivity index is 2.04. The van der Waals surface area contributed by atoms with Crippen LogP contribution in [-0.2, 0) is 32.6 Å². The molecule has 10 heteroatoms. The van der Waals surface area contributed by atoms with Crippen molar-refractivity contribution in [1.82, 2.24) is 10.2 Å². The van der Waals surface area contributed by atoms with Gasteiger partial charge in [-0.25, -0.2) is 12.8 Å². The van der Waals surface area contributed by atoms with Gasteiger partial charge in [-0.15, -0.1) is 0 Å². The molecule has 0 spiro atoms. The van der Waals surface area contributed by atoms with Gasteiger partial charge in [0.05, 0.1) is 11.9 Å². The third-order valence-electron chi connectivity index (χ3n) is 6.21. The summed E-state index contributed by atoms with van der Waals surface area (Å²) in [5.74, 6) is -1.38. The van der Waals surface area contributed by atoms with Crippen LogP contribution in [0.2, 0.25) is 5.02 Å².